The number of thioether (sulfide) groups is 1. The minimum atomic E-state index is -1.32. The van der Waals surface area contributed by atoms with Crippen LogP contribution in [0.5, 0.6) is 0 Å². The van der Waals surface area contributed by atoms with Crippen LogP contribution in [0.4, 0.5) is 5.69 Å². The average Bonchev–Trinajstić information content (AvgIpc) is 3.52. The fourth-order valence-electron chi connectivity index (χ4n) is 6.80. The minimum Gasteiger partial charge on any atom is -0.543 e. The molecule has 0 spiro atoms. The van der Waals surface area contributed by atoms with Gasteiger partial charge in [-0.15, -0.1) is 11.3 Å². The molecule has 214 valence electrons. The zero-order valence-electron chi connectivity index (χ0n) is 23.6. The van der Waals surface area contributed by atoms with Crippen molar-refractivity contribution in [3.63, 3.8) is 0 Å². The summed E-state index contributed by atoms with van der Waals surface area (Å²) in [6.45, 7) is 1.60. The smallest absolute Gasteiger partial charge is 0.543 e. The third-order valence-corrected chi connectivity index (χ3v) is 11.0. The van der Waals surface area contributed by atoms with E-state index in [1.165, 1.54) is 16.2 Å². The normalized spacial score (nSPS) is 23.4. The molecule has 2 fully saturated rings. The molecule has 2 aromatic carbocycles. The standard InChI is InChI=1S/C31H28N4O5S2.K/c1-15(36)24-26-20-6-2-4-18(25(20)27(30(39)40)35(26)29(24)38)14-41-31-34-22-10-8-19(13-23(22)42-31)33-28(37)17-7-9-21-16(12-17)5-3-11-32-21;/h3,5,7-13,15,18,20,24,26,36H,2,4,6,14H2,1H3,(H,33,37)(H,39,40);/q;+1/p-1/t15-,18-,20+,24-,26-;/m1./s1. The predicted octanol–water partition coefficient (Wildman–Crippen LogP) is 0.835. The van der Waals surface area contributed by atoms with Gasteiger partial charge in [-0.3, -0.25) is 14.6 Å². The summed E-state index contributed by atoms with van der Waals surface area (Å²) in [6, 6.07) is 14.5. The molecule has 2 aromatic heterocycles. The number of carboxylic acids is 1. The summed E-state index contributed by atoms with van der Waals surface area (Å²) in [5.74, 6) is -1.86. The van der Waals surface area contributed by atoms with Gasteiger partial charge in [0, 0.05) is 34.5 Å². The van der Waals surface area contributed by atoms with Gasteiger partial charge in [-0.25, -0.2) is 4.98 Å². The van der Waals surface area contributed by atoms with Crippen LogP contribution in [0.1, 0.15) is 36.5 Å². The molecule has 2 N–H and O–H groups in total. The van der Waals surface area contributed by atoms with E-state index in [2.05, 4.69) is 10.3 Å². The van der Waals surface area contributed by atoms with Crippen LogP contribution in [-0.4, -0.2) is 55.7 Å². The zero-order valence-corrected chi connectivity index (χ0v) is 28.4. The van der Waals surface area contributed by atoms with Gasteiger partial charge >= 0.3 is 51.4 Å². The number of aliphatic hydroxyl groups excluding tert-OH is 1. The van der Waals surface area contributed by atoms with Gasteiger partial charge in [0.1, 0.15) is 0 Å². The Morgan fingerprint density at radius 1 is 1.19 bits per heavy atom. The predicted molar refractivity (Wildman–Crippen MR) is 159 cm³/mol. The summed E-state index contributed by atoms with van der Waals surface area (Å²) in [5.41, 5.74) is 3.69. The van der Waals surface area contributed by atoms with Crippen molar-refractivity contribution in [2.24, 2.45) is 17.8 Å². The van der Waals surface area contributed by atoms with Crippen molar-refractivity contribution in [3.8, 4) is 0 Å². The van der Waals surface area contributed by atoms with E-state index in [4.69, 9.17) is 4.98 Å². The zero-order chi connectivity index (χ0) is 29.1. The summed E-state index contributed by atoms with van der Waals surface area (Å²) < 4.78 is 1.79. The van der Waals surface area contributed by atoms with Crippen molar-refractivity contribution in [1.29, 1.82) is 0 Å². The first-order chi connectivity index (χ1) is 20.3. The topological polar surface area (TPSA) is 136 Å². The third-order valence-electron chi connectivity index (χ3n) is 8.64. The number of hydrogen-bond acceptors (Lipinski definition) is 9. The number of pyridine rings is 1. The maximum Gasteiger partial charge on any atom is 1.00 e. The van der Waals surface area contributed by atoms with Crippen LogP contribution in [0.2, 0.25) is 0 Å². The molecule has 9 nitrogen and oxygen atoms in total. The number of rotatable bonds is 7. The Hall–Kier alpha value is -2.16. The van der Waals surface area contributed by atoms with Gasteiger partial charge in [-0.1, -0.05) is 24.2 Å². The second-order valence-electron chi connectivity index (χ2n) is 11.1. The molecule has 3 aliphatic rings. The summed E-state index contributed by atoms with van der Waals surface area (Å²) in [5, 5.41) is 26.2. The van der Waals surface area contributed by atoms with Gasteiger partial charge < -0.3 is 25.2 Å². The van der Waals surface area contributed by atoms with Gasteiger partial charge in [-0.2, -0.15) is 0 Å². The number of carboxylic acid groups (broad SMARTS) is 1. The van der Waals surface area contributed by atoms with E-state index < -0.39 is 18.0 Å². The maximum atomic E-state index is 12.9. The average molecular weight is 639 g/mol. The van der Waals surface area contributed by atoms with Crippen molar-refractivity contribution in [2.45, 2.75) is 42.7 Å². The Morgan fingerprint density at radius 2 is 2.00 bits per heavy atom. The Kier molecular flexibility index (Phi) is 8.84. The molecular weight excluding hydrogens is 612 g/mol. The van der Waals surface area contributed by atoms with Crippen molar-refractivity contribution < 1.29 is 76.0 Å². The number of amides is 2. The number of nitrogens with one attached hydrogen (secondary N) is 1. The van der Waals surface area contributed by atoms with Gasteiger partial charge in [0.2, 0.25) is 5.91 Å². The van der Waals surface area contributed by atoms with E-state index in [1.54, 1.807) is 30.9 Å². The number of thiazole rings is 1. The summed E-state index contributed by atoms with van der Waals surface area (Å²) in [4.78, 5) is 48.3. The van der Waals surface area contributed by atoms with E-state index in [9.17, 15) is 24.6 Å². The number of nitrogens with zero attached hydrogens (tertiary/aromatic N) is 3. The fourth-order valence-corrected chi connectivity index (χ4v) is 9.10. The number of carbonyl (C=O) groups is 3. The molecule has 1 aliphatic carbocycles. The Morgan fingerprint density at radius 3 is 2.79 bits per heavy atom. The number of benzene rings is 2. The molecule has 2 aliphatic heterocycles. The molecule has 4 aromatic rings. The molecule has 1 saturated heterocycles. The molecule has 5 atom stereocenters. The number of aliphatic hydroxyl groups is 1. The molecule has 0 radical (unpaired) electrons. The van der Waals surface area contributed by atoms with Gasteiger partial charge in [0.25, 0.3) is 5.91 Å². The van der Waals surface area contributed by atoms with Gasteiger partial charge in [0.05, 0.1) is 45.5 Å². The monoisotopic (exact) mass is 638 g/mol. The van der Waals surface area contributed by atoms with Crippen LogP contribution >= 0.6 is 23.1 Å². The van der Waals surface area contributed by atoms with Crippen LogP contribution in [0.3, 0.4) is 0 Å². The number of fused-ring (bicyclic) bond motifs is 5. The molecule has 0 bridgehead atoms. The minimum absolute atomic E-state index is 0. The van der Waals surface area contributed by atoms with Gasteiger partial charge in [0.15, 0.2) is 4.34 Å². The van der Waals surface area contributed by atoms with Crippen LogP contribution in [0, 0.1) is 17.8 Å². The van der Waals surface area contributed by atoms with E-state index in [1.807, 2.05) is 42.5 Å². The van der Waals surface area contributed by atoms with Crippen LogP contribution < -0.4 is 61.8 Å². The number of β-lactam (4-membered cyclic amide) rings is 1. The summed E-state index contributed by atoms with van der Waals surface area (Å²) in [7, 11) is 0. The first kappa shape index (κ1) is 30.8. The molecular formula is C31H27KN4O5S2. The molecule has 4 heterocycles. The quantitative estimate of drug-likeness (QED) is 0.173. The molecule has 43 heavy (non-hydrogen) atoms. The maximum absolute atomic E-state index is 12.9. The third kappa shape index (κ3) is 5.50. The van der Waals surface area contributed by atoms with Crippen LogP contribution in [0.15, 0.2) is 70.3 Å². The first-order valence-electron chi connectivity index (χ1n) is 14.0. The Bertz CT molecular complexity index is 1810. The SMILES string of the molecule is C[C@@H](O)[C@H]1C(=O)N2C(C(=O)[O-])=C3[C@@H](CSc4nc5ccc(NC(=O)c6ccc7ncccc7c6)cc5s4)CCC[C@@H]3[C@H]12.[K+]. The van der Waals surface area contributed by atoms with Crippen molar-refractivity contribution >= 4 is 67.7 Å². The molecule has 1 saturated carbocycles. The van der Waals surface area contributed by atoms with E-state index >= 15 is 0 Å². The summed E-state index contributed by atoms with van der Waals surface area (Å²) in [6.07, 6.45) is 3.46. The number of hydrogen-bond donors (Lipinski definition) is 2. The largest absolute Gasteiger partial charge is 1.00 e. The first-order valence-corrected chi connectivity index (χ1v) is 15.8. The number of aliphatic carboxylic acids is 1. The van der Waals surface area contributed by atoms with Crippen molar-refractivity contribution in [1.82, 2.24) is 14.9 Å². The second kappa shape index (κ2) is 12.3. The van der Waals surface area contributed by atoms with Crippen molar-refractivity contribution in [3.05, 3.63) is 71.6 Å². The van der Waals surface area contributed by atoms with E-state index in [-0.39, 0.29) is 86.8 Å². The summed E-state index contributed by atoms with van der Waals surface area (Å²) >= 11 is 3.10. The van der Waals surface area contributed by atoms with E-state index in [0.29, 0.717) is 17.0 Å². The van der Waals surface area contributed by atoms with Crippen LogP contribution in [0.25, 0.3) is 21.1 Å². The Labute approximate surface area is 298 Å². The van der Waals surface area contributed by atoms with E-state index in [0.717, 1.165) is 50.3 Å². The molecule has 12 heteroatoms. The Balaban J connectivity index is 0.00000329. The van der Waals surface area contributed by atoms with Crippen molar-refractivity contribution in [2.75, 3.05) is 11.1 Å². The number of anilines is 1. The number of aromatic nitrogens is 2. The van der Waals surface area contributed by atoms with Gasteiger partial charge in [-0.05, 0) is 73.7 Å². The molecule has 0 unspecified atom stereocenters. The van der Waals surface area contributed by atoms with Crippen LogP contribution in [-0.2, 0) is 9.59 Å². The molecule has 2 amide bonds. The molecule has 7 rings (SSSR count). The number of carbonyl (C=O) groups excluding carboxylic acids is 3. The fraction of sp³-hybridized carbons (Fsp3) is 0.323. The second-order valence-corrected chi connectivity index (χ2v) is 13.4.